The van der Waals surface area contributed by atoms with Crippen molar-refractivity contribution in [3.63, 3.8) is 0 Å². The fraction of sp³-hybridized carbons (Fsp3) is 0.667. The number of fused-ring (bicyclic) bond motifs is 1. The Bertz CT molecular complexity index is 373. The van der Waals surface area contributed by atoms with Crippen molar-refractivity contribution in [2.45, 2.75) is 47.0 Å². The number of rotatable bonds is 2. The van der Waals surface area contributed by atoms with Crippen LogP contribution >= 0.6 is 0 Å². The van der Waals surface area contributed by atoms with Crippen LogP contribution in [0.1, 0.15) is 47.0 Å². The van der Waals surface area contributed by atoms with Crippen LogP contribution < -0.4 is 0 Å². The van der Waals surface area contributed by atoms with E-state index < -0.39 is 0 Å². The van der Waals surface area contributed by atoms with Gasteiger partial charge >= 0.3 is 0 Å². The maximum atomic E-state index is 11.5. The molecular formula is C15H22O. The van der Waals surface area contributed by atoms with Gasteiger partial charge in [-0.15, -0.1) is 0 Å². The lowest BCUT2D eigenvalue weighted by atomic mass is 9.73. The van der Waals surface area contributed by atoms with Crippen molar-refractivity contribution < 1.29 is 4.79 Å². The van der Waals surface area contributed by atoms with E-state index in [2.05, 4.69) is 32.9 Å². The van der Waals surface area contributed by atoms with Crippen molar-refractivity contribution >= 4 is 5.78 Å². The lowest BCUT2D eigenvalue weighted by Crippen LogP contribution is -2.21. The van der Waals surface area contributed by atoms with E-state index >= 15 is 0 Å². The van der Waals surface area contributed by atoms with Gasteiger partial charge < -0.3 is 0 Å². The molecule has 0 heterocycles. The van der Waals surface area contributed by atoms with Crippen LogP contribution in [-0.2, 0) is 4.79 Å². The minimum absolute atomic E-state index is 0.212. The fourth-order valence-corrected chi connectivity index (χ4v) is 3.22. The SMILES string of the molecule is CC(=O)C1=CC[C@@]2(C)CC[C@H](C(C)C)C2=C1. The third kappa shape index (κ3) is 1.77. The Hall–Kier alpha value is -0.850. The second kappa shape index (κ2) is 3.87. The quantitative estimate of drug-likeness (QED) is 0.687. The zero-order valence-electron chi connectivity index (χ0n) is 10.8. The predicted octanol–water partition coefficient (Wildman–Crippen LogP) is 3.90. The summed E-state index contributed by atoms with van der Waals surface area (Å²) in [4.78, 5) is 11.5. The van der Waals surface area contributed by atoms with Crippen molar-refractivity contribution in [2.24, 2.45) is 17.3 Å². The Balaban J connectivity index is 2.35. The summed E-state index contributed by atoms with van der Waals surface area (Å²) >= 11 is 0. The molecule has 1 saturated carbocycles. The lowest BCUT2D eigenvalue weighted by molar-refractivity contribution is -0.113. The highest BCUT2D eigenvalue weighted by atomic mass is 16.1. The molecule has 0 aliphatic heterocycles. The molecular weight excluding hydrogens is 196 g/mol. The number of hydrogen-bond donors (Lipinski definition) is 0. The molecule has 1 nitrogen and oxygen atoms in total. The van der Waals surface area contributed by atoms with Crippen LogP contribution in [0.2, 0.25) is 0 Å². The van der Waals surface area contributed by atoms with E-state index in [1.165, 1.54) is 18.4 Å². The average molecular weight is 218 g/mol. The number of Topliss-reactive ketones (excluding diaryl/α,β-unsaturated/α-hetero) is 1. The summed E-state index contributed by atoms with van der Waals surface area (Å²) in [6.45, 7) is 8.62. The van der Waals surface area contributed by atoms with Gasteiger partial charge in [0.15, 0.2) is 5.78 Å². The summed E-state index contributed by atoms with van der Waals surface area (Å²) in [5, 5.41) is 0. The molecule has 0 aromatic carbocycles. The molecule has 0 bridgehead atoms. The summed E-state index contributed by atoms with van der Waals surface area (Å²) in [5.41, 5.74) is 2.81. The molecule has 88 valence electrons. The van der Waals surface area contributed by atoms with Crippen molar-refractivity contribution in [2.75, 3.05) is 0 Å². The summed E-state index contributed by atoms with van der Waals surface area (Å²) < 4.78 is 0. The molecule has 0 aromatic rings. The standard InChI is InChI=1S/C15H22O/c1-10(2)13-6-8-15(4)7-5-12(11(3)16)9-14(13)15/h5,9-10,13H,6-8H2,1-4H3/t13-,15+/m1/s1. The van der Waals surface area contributed by atoms with Crippen LogP contribution in [0.3, 0.4) is 0 Å². The number of carbonyl (C=O) groups is 1. The Labute approximate surface area is 98.6 Å². The molecule has 0 unspecified atom stereocenters. The number of carbonyl (C=O) groups excluding carboxylic acids is 1. The van der Waals surface area contributed by atoms with Crippen LogP contribution in [0.5, 0.6) is 0 Å². The average Bonchev–Trinajstić information content (AvgIpc) is 2.53. The largest absolute Gasteiger partial charge is 0.295 e. The summed E-state index contributed by atoms with van der Waals surface area (Å²) in [7, 11) is 0. The van der Waals surface area contributed by atoms with Gasteiger partial charge in [0.2, 0.25) is 0 Å². The first-order valence-electron chi connectivity index (χ1n) is 6.37. The summed E-state index contributed by atoms with van der Waals surface area (Å²) in [6, 6.07) is 0. The molecule has 16 heavy (non-hydrogen) atoms. The molecule has 2 atom stereocenters. The van der Waals surface area contributed by atoms with Gasteiger partial charge in [-0.1, -0.05) is 38.5 Å². The molecule has 0 radical (unpaired) electrons. The van der Waals surface area contributed by atoms with E-state index in [-0.39, 0.29) is 5.78 Å². The molecule has 2 aliphatic rings. The van der Waals surface area contributed by atoms with Gasteiger partial charge in [-0.3, -0.25) is 4.79 Å². The van der Waals surface area contributed by atoms with Crippen LogP contribution in [0.15, 0.2) is 23.3 Å². The maximum absolute atomic E-state index is 11.5. The molecule has 0 amide bonds. The van der Waals surface area contributed by atoms with Crippen molar-refractivity contribution in [1.29, 1.82) is 0 Å². The minimum atomic E-state index is 0.212. The van der Waals surface area contributed by atoms with E-state index in [9.17, 15) is 4.79 Å². The third-order valence-electron chi connectivity index (χ3n) is 4.40. The number of hydrogen-bond acceptors (Lipinski definition) is 1. The van der Waals surface area contributed by atoms with Crippen LogP contribution in [0.25, 0.3) is 0 Å². The van der Waals surface area contributed by atoms with Crippen molar-refractivity contribution in [1.82, 2.24) is 0 Å². The van der Waals surface area contributed by atoms with Gasteiger partial charge in [0, 0.05) is 5.57 Å². The Kier molecular flexibility index (Phi) is 2.81. The second-order valence-corrected chi connectivity index (χ2v) is 5.97. The zero-order chi connectivity index (χ0) is 11.9. The van der Waals surface area contributed by atoms with E-state index in [0.717, 1.165) is 12.0 Å². The topological polar surface area (TPSA) is 17.1 Å². The van der Waals surface area contributed by atoms with E-state index in [4.69, 9.17) is 0 Å². The lowest BCUT2D eigenvalue weighted by Gasteiger charge is -2.31. The van der Waals surface area contributed by atoms with Crippen LogP contribution in [0, 0.1) is 17.3 Å². The van der Waals surface area contributed by atoms with E-state index in [1.54, 1.807) is 6.92 Å². The van der Waals surface area contributed by atoms with Crippen LogP contribution in [-0.4, -0.2) is 5.78 Å². The highest BCUT2D eigenvalue weighted by molar-refractivity contribution is 5.96. The molecule has 0 saturated heterocycles. The Morgan fingerprint density at radius 3 is 2.75 bits per heavy atom. The normalized spacial score (nSPS) is 33.4. The highest BCUT2D eigenvalue weighted by Crippen LogP contribution is 2.53. The smallest absolute Gasteiger partial charge is 0.159 e. The zero-order valence-corrected chi connectivity index (χ0v) is 10.8. The van der Waals surface area contributed by atoms with E-state index in [1.807, 2.05) is 0 Å². The van der Waals surface area contributed by atoms with Gasteiger partial charge in [0.1, 0.15) is 0 Å². The molecule has 0 spiro atoms. The Morgan fingerprint density at radius 1 is 1.50 bits per heavy atom. The van der Waals surface area contributed by atoms with Crippen molar-refractivity contribution in [3.05, 3.63) is 23.3 Å². The molecule has 0 N–H and O–H groups in total. The molecule has 2 rings (SSSR count). The third-order valence-corrected chi connectivity index (χ3v) is 4.40. The van der Waals surface area contributed by atoms with Gasteiger partial charge in [-0.2, -0.15) is 0 Å². The van der Waals surface area contributed by atoms with Gasteiger partial charge in [0.05, 0.1) is 0 Å². The monoisotopic (exact) mass is 218 g/mol. The van der Waals surface area contributed by atoms with Gasteiger partial charge in [0.25, 0.3) is 0 Å². The number of ketones is 1. The fourth-order valence-electron chi connectivity index (χ4n) is 3.22. The first-order chi connectivity index (χ1) is 7.44. The first-order valence-corrected chi connectivity index (χ1v) is 6.37. The Morgan fingerprint density at radius 2 is 2.19 bits per heavy atom. The predicted molar refractivity (Wildman–Crippen MR) is 67.1 cm³/mol. The minimum Gasteiger partial charge on any atom is -0.295 e. The molecule has 2 aliphatic carbocycles. The second-order valence-electron chi connectivity index (χ2n) is 5.97. The van der Waals surface area contributed by atoms with Crippen LogP contribution in [0.4, 0.5) is 0 Å². The van der Waals surface area contributed by atoms with E-state index in [0.29, 0.717) is 17.3 Å². The van der Waals surface area contributed by atoms with Crippen molar-refractivity contribution in [3.8, 4) is 0 Å². The highest BCUT2D eigenvalue weighted by Gasteiger charge is 2.42. The summed E-state index contributed by atoms with van der Waals surface area (Å²) in [6.07, 6.45) is 7.94. The van der Waals surface area contributed by atoms with Gasteiger partial charge in [-0.25, -0.2) is 0 Å². The molecule has 1 heteroatoms. The summed E-state index contributed by atoms with van der Waals surface area (Å²) in [5.74, 6) is 1.59. The molecule has 0 aromatic heterocycles. The van der Waals surface area contributed by atoms with Gasteiger partial charge in [-0.05, 0) is 43.4 Å². The number of allylic oxidation sites excluding steroid dienone is 4. The first kappa shape index (κ1) is 11.6. The molecule has 1 fully saturated rings. The maximum Gasteiger partial charge on any atom is 0.159 e.